The number of thioether (sulfide) groups is 1. The second-order valence-electron chi connectivity index (χ2n) is 5.55. The summed E-state index contributed by atoms with van der Waals surface area (Å²) in [5.74, 6) is 1.22. The van der Waals surface area contributed by atoms with E-state index in [1.54, 1.807) is 17.6 Å². The first-order valence-electron chi connectivity index (χ1n) is 7.94. The van der Waals surface area contributed by atoms with Crippen LogP contribution in [-0.2, 0) is 4.79 Å². The van der Waals surface area contributed by atoms with Crippen LogP contribution in [0, 0.1) is 0 Å². The molecule has 4 rings (SSSR count). The molecule has 0 saturated carbocycles. The molecule has 1 aliphatic heterocycles. The van der Waals surface area contributed by atoms with Crippen LogP contribution in [0.5, 0.6) is 11.5 Å². The summed E-state index contributed by atoms with van der Waals surface area (Å²) in [4.78, 5) is 16.8. The standard InChI is InChI=1S/C18H15N3O3S2/c1-11(25-18-20-13-4-2-3-5-16(13)26-18)17(22)21-19-9-12-6-7-14-15(8-12)24-10-23-14/h2-9,11H,10H2,1H3,(H,21,22)/b19-9-/t11-/m1/s1. The number of hydrogen-bond donors (Lipinski definition) is 1. The van der Waals surface area contributed by atoms with Gasteiger partial charge in [-0.05, 0) is 42.8 Å². The average Bonchev–Trinajstić information content (AvgIpc) is 3.26. The van der Waals surface area contributed by atoms with Gasteiger partial charge in [0.25, 0.3) is 5.91 Å². The lowest BCUT2D eigenvalue weighted by atomic mass is 10.2. The molecule has 0 saturated heterocycles. The first-order chi connectivity index (χ1) is 12.7. The van der Waals surface area contributed by atoms with Crippen molar-refractivity contribution >= 4 is 45.4 Å². The summed E-state index contributed by atoms with van der Waals surface area (Å²) >= 11 is 3.01. The van der Waals surface area contributed by atoms with E-state index in [0.717, 1.165) is 20.1 Å². The van der Waals surface area contributed by atoms with E-state index in [2.05, 4.69) is 15.5 Å². The number of hydrazone groups is 1. The van der Waals surface area contributed by atoms with E-state index < -0.39 is 0 Å². The molecule has 6 nitrogen and oxygen atoms in total. The van der Waals surface area contributed by atoms with E-state index >= 15 is 0 Å². The highest BCUT2D eigenvalue weighted by Crippen LogP contribution is 2.32. The SMILES string of the molecule is C[C@@H](Sc1nc2ccccc2s1)C(=O)N/N=C\c1ccc2c(c1)OCO2. The average molecular weight is 385 g/mol. The lowest BCUT2D eigenvalue weighted by molar-refractivity contribution is -0.120. The van der Waals surface area contributed by atoms with Crippen LogP contribution < -0.4 is 14.9 Å². The van der Waals surface area contributed by atoms with Crippen molar-refractivity contribution in [1.82, 2.24) is 10.4 Å². The first-order valence-corrected chi connectivity index (χ1v) is 9.63. The molecule has 0 radical (unpaired) electrons. The van der Waals surface area contributed by atoms with Crippen molar-refractivity contribution in [3.05, 3.63) is 48.0 Å². The van der Waals surface area contributed by atoms with Gasteiger partial charge in [0.1, 0.15) is 0 Å². The summed E-state index contributed by atoms with van der Waals surface area (Å²) in [6, 6.07) is 13.4. The fraction of sp³-hybridized carbons (Fsp3) is 0.167. The van der Waals surface area contributed by atoms with E-state index in [1.807, 2.05) is 49.4 Å². The zero-order chi connectivity index (χ0) is 17.9. The van der Waals surface area contributed by atoms with Crippen LogP contribution in [0.2, 0.25) is 0 Å². The number of thiazole rings is 1. The van der Waals surface area contributed by atoms with Crippen molar-refractivity contribution in [2.24, 2.45) is 5.10 Å². The summed E-state index contributed by atoms with van der Waals surface area (Å²) in [6.45, 7) is 2.06. The fourth-order valence-corrected chi connectivity index (χ4v) is 4.57. The van der Waals surface area contributed by atoms with Crippen LogP contribution in [0.3, 0.4) is 0 Å². The molecule has 1 aromatic heterocycles. The Labute approximate surface area is 158 Å². The largest absolute Gasteiger partial charge is 0.454 e. The van der Waals surface area contributed by atoms with Crippen LogP contribution >= 0.6 is 23.1 Å². The zero-order valence-corrected chi connectivity index (χ0v) is 15.5. The van der Waals surface area contributed by atoms with E-state index in [1.165, 1.54) is 11.8 Å². The zero-order valence-electron chi connectivity index (χ0n) is 13.8. The second kappa shape index (κ2) is 7.35. The maximum atomic E-state index is 12.2. The summed E-state index contributed by atoms with van der Waals surface area (Å²) < 4.78 is 12.6. The smallest absolute Gasteiger partial charge is 0.253 e. The van der Waals surface area contributed by atoms with E-state index in [9.17, 15) is 4.79 Å². The quantitative estimate of drug-likeness (QED) is 0.412. The number of aromatic nitrogens is 1. The topological polar surface area (TPSA) is 72.8 Å². The van der Waals surface area contributed by atoms with Crippen molar-refractivity contribution in [3.8, 4) is 11.5 Å². The van der Waals surface area contributed by atoms with Crippen LogP contribution in [-0.4, -0.2) is 29.1 Å². The molecule has 0 fully saturated rings. The predicted octanol–water partition coefficient (Wildman–Crippen LogP) is 3.66. The Hall–Kier alpha value is -2.58. The highest BCUT2D eigenvalue weighted by molar-refractivity contribution is 8.02. The molecule has 3 aromatic rings. The molecule has 1 atom stereocenters. The minimum absolute atomic E-state index is 0.175. The molecule has 1 N–H and O–H groups in total. The van der Waals surface area contributed by atoms with E-state index in [-0.39, 0.29) is 18.0 Å². The van der Waals surface area contributed by atoms with Crippen molar-refractivity contribution in [2.45, 2.75) is 16.5 Å². The van der Waals surface area contributed by atoms with E-state index in [4.69, 9.17) is 9.47 Å². The van der Waals surface area contributed by atoms with Crippen LogP contribution in [0.1, 0.15) is 12.5 Å². The molecule has 1 amide bonds. The van der Waals surface area contributed by atoms with Gasteiger partial charge in [0.2, 0.25) is 6.79 Å². The number of carbonyl (C=O) groups is 1. The van der Waals surface area contributed by atoms with Gasteiger partial charge in [-0.25, -0.2) is 10.4 Å². The number of nitrogens with zero attached hydrogens (tertiary/aromatic N) is 2. The minimum atomic E-state index is -0.301. The normalized spacial score (nSPS) is 14.0. The monoisotopic (exact) mass is 385 g/mol. The molecule has 0 unspecified atom stereocenters. The number of carbonyl (C=O) groups excluding carboxylic acids is 1. The van der Waals surface area contributed by atoms with Crippen molar-refractivity contribution in [1.29, 1.82) is 0 Å². The van der Waals surface area contributed by atoms with Crippen molar-refractivity contribution in [2.75, 3.05) is 6.79 Å². The highest BCUT2D eigenvalue weighted by Gasteiger charge is 2.16. The van der Waals surface area contributed by atoms with Crippen LogP contribution in [0.4, 0.5) is 0 Å². The van der Waals surface area contributed by atoms with E-state index in [0.29, 0.717) is 11.5 Å². The Balaban J connectivity index is 1.35. The maximum Gasteiger partial charge on any atom is 0.253 e. The number of hydrogen-bond acceptors (Lipinski definition) is 7. The fourth-order valence-electron chi connectivity index (χ4n) is 2.36. The molecule has 0 spiro atoms. The molecule has 2 aromatic carbocycles. The van der Waals surface area contributed by atoms with Gasteiger partial charge in [0, 0.05) is 0 Å². The minimum Gasteiger partial charge on any atom is -0.454 e. The first kappa shape index (κ1) is 16.9. The molecule has 26 heavy (non-hydrogen) atoms. The number of para-hydroxylation sites is 1. The Morgan fingerprint density at radius 2 is 2.15 bits per heavy atom. The number of fused-ring (bicyclic) bond motifs is 2. The number of ether oxygens (including phenoxy) is 2. The van der Waals surface area contributed by atoms with Gasteiger partial charge < -0.3 is 9.47 Å². The molecule has 0 bridgehead atoms. The third-order valence-corrected chi connectivity index (χ3v) is 5.94. The van der Waals surface area contributed by atoms with Gasteiger partial charge >= 0.3 is 0 Å². The van der Waals surface area contributed by atoms with Crippen LogP contribution in [0.15, 0.2) is 51.9 Å². The van der Waals surface area contributed by atoms with Gasteiger partial charge in [-0.1, -0.05) is 23.9 Å². The molecule has 2 heterocycles. The summed E-state index contributed by atoms with van der Waals surface area (Å²) in [5, 5.41) is 3.72. The summed E-state index contributed by atoms with van der Waals surface area (Å²) in [7, 11) is 0. The highest BCUT2D eigenvalue weighted by atomic mass is 32.2. The second-order valence-corrected chi connectivity index (χ2v) is 8.17. The van der Waals surface area contributed by atoms with Crippen LogP contribution in [0.25, 0.3) is 10.2 Å². The van der Waals surface area contributed by atoms with Gasteiger partial charge in [0.15, 0.2) is 15.8 Å². The number of benzene rings is 2. The van der Waals surface area contributed by atoms with Crippen molar-refractivity contribution in [3.63, 3.8) is 0 Å². The van der Waals surface area contributed by atoms with Crippen molar-refractivity contribution < 1.29 is 14.3 Å². The Bertz CT molecular complexity index is 954. The lowest BCUT2D eigenvalue weighted by Crippen LogP contribution is -2.26. The number of amides is 1. The number of nitrogens with one attached hydrogen (secondary N) is 1. The van der Waals surface area contributed by atoms with Gasteiger partial charge in [-0.15, -0.1) is 11.3 Å². The molecular formula is C18H15N3O3S2. The summed E-state index contributed by atoms with van der Waals surface area (Å²) in [5.41, 5.74) is 4.34. The molecule has 8 heteroatoms. The third-order valence-electron chi connectivity index (χ3n) is 3.71. The Kier molecular flexibility index (Phi) is 4.77. The predicted molar refractivity (Wildman–Crippen MR) is 103 cm³/mol. The maximum absolute atomic E-state index is 12.2. The van der Waals surface area contributed by atoms with Gasteiger partial charge in [-0.3, -0.25) is 4.79 Å². The Morgan fingerprint density at radius 1 is 1.31 bits per heavy atom. The molecule has 132 valence electrons. The number of rotatable bonds is 5. The van der Waals surface area contributed by atoms with Gasteiger partial charge in [-0.2, -0.15) is 5.10 Å². The molecular weight excluding hydrogens is 370 g/mol. The third kappa shape index (κ3) is 3.66. The summed E-state index contributed by atoms with van der Waals surface area (Å²) in [6.07, 6.45) is 1.58. The molecule has 1 aliphatic rings. The van der Waals surface area contributed by atoms with Gasteiger partial charge in [0.05, 0.1) is 21.7 Å². The lowest BCUT2D eigenvalue weighted by Gasteiger charge is -2.06. The molecule has 0 aliphatic carbocycles. The Morgan fingerprint density at radius 3 is 3.04 bits per heavy atom.